The van der Waals surface area contributed by atoms with E-state index in [1.165, 1.54) is 18.2 Å². The minimum Gasteiger partial charge on any atom is -0.397 e. The van der Waals surface area contributed by atoms with Gasteiger partial charge in [-0.3, -0.25) is 4.72 Å². The first kappa shape index (κ1) is 14.9. The van der Waals surface area contributed by atoms with Crippen molar-refractivity contribution in [1.82, 2.24) is 0 Å². The Balaban J connectivity index is 2.06. The summed E-state index contributed by atoms with van der Waals surface area (Å²) in [7, 11) is -3.49. The van der Waals surface area contributed by atoms with Gasteiger partial charge in [-0.1, -0.05) is 30.3 Å². The van der Waals surface area contributed by atoms with Crippen LogP contribution in [-0.4, -0.2) is 14.2 Å². The molecule has 0 atom stereocenters. The quantitative estimate of drug-likeness (QED) is 0.827. The minimum atomic E-state index is -3.49. The second-order valence-corrected chi connectivity index (χ2v) is 6.41. The van der Waals surface area contributed by atoms with Gasteiger partial charge in [0.15, 0.2) is 0 Å². The van der Waals surface area contributed by atoms with Crippen LogP contribution in [0.3, 0.4) is 0 Å². The van der Waals surface area contributed by atoms with Crippen molar-refractivity contribution in [3.8, 4) is 6.07 Å². The Bertz CT molecular complexity index is 765. The second kappa shape index (κ2) is 6.29. The van der Waals surface area contributed by atoms with Crippen molar-refractivity contribution in [3.63, 3.8) is 0 Å². The van der Waals surface area contributed by atoms with Gasteiger partial charge < -0.3 is 5.73 Å². The third kappa shape index (κ3) is 4.23. The molecule has 0 aliphatic rings. The number of nitrogen functional groups attached to an aromatic ring is 1. The van der Waals surface area contributed by atoms with Gasteiger partial charge in [-0.2, -0.15) is 5.26 Å². The normalized spacial score (nSPS) is 10.8. The Hall–Kier alpha value is -2.52. The van der Waals surface area contributed by atoms with Crippen LogP contribution in [0.25, 0.3) is 0 Å². The van der Waals surface area contributed by atoms with Crippen LogP contribution in [0.15, 0.2) is 48.5 Å². The Kier molecular flexibility index (Phi) is 4.45. The number of hydrogen-bond donors (Lipinski definition) is 2. The molecule has 6 heteroatoms. The molecule has 2 rings (SSSR count). The molecule has 0 fully saturated rings. The highest BCUT2D eigenvalue weighted by Crippen LogP contribution is 2.21. The van der Waals surface area contributed by atoms with Crippen molar-refractivity contribution in [1.29, 1.82) is 5.26 Å². The molecule has 0 amide bonds. The number of nitrogens with zero attached hydrogens (tertiary/aromatic N) is 1. The Morgan fingerprint density at radius 3 is 2.48 bits per heavy atom. The van der Waals surface area contributed by atoms with E-state index in [9.17, 15) is 8.42 Å². The first-order chi connectivity index (χ1) is 10.00. The highest BCUT2D eigenvalue weighted by atomic mass is 32.2. The molecule has 0 saturated heterocycles. The number of benzene rings is 2. The lowest BCUT2D eigenvalue weighted by Gasteiger charge is -2.10. The second-order valence-electron chi connectivity index (χ2n) is 4.57. The number of aryl methyl sites for hydroxylation is 1. The molecule has 5 nitrogen and oxygen atoms in total. The van der Waals surface area contributed by atoms with Gasteiger partial charge in [0.05, 0.1) is 28.8 Å². The van der Waals surface area contributed by atoms with Crippen molar-refractivity contribution in [3.05, 3.63) is 59.7 Å². The number of nitrogens with one attached hydrogen (secondary N) is 1. The smallest absolute Gasteiger partial charge is 0.233 e. The maximum absolute atomic E-state index is 12.0. The number of nitrogens with two attached hydrogens (primary N) is 1. The molecule has 0 bridgehead atoms. The summed E-state index contributed by atoms with van der Waals surface area (Å²) in [6.07, 6.45) is 0.423. The molecule has 0 saturated carbocycles. The van der Waals surface area contributed by atoms with Gasteiger partial charge in [0.25, 0.3) is 0 Å². The third-order valence-corrected chi connectivity index (χ3v) is 4.22. The van der Waals surface area contributed by atoms with Crippen LogP contribution in [-0.2, 0) is 16.4 Å². The molecule has 0 radical (unpaired) electrons. The van der Waals surface area contributed by atoms with Crippen LogP contribution < -0.4 is 10.5 Å². The molecule has 0 aromatic heterocycles. The number of rotatable bonds is 5. The Morgan fingerprint density at radius 1 is 1.14 bits per heavy atom. The maximum atomic E-state index is 12.0. The first-order valence-corrected chi connectivity index (χ1v) is 7.99. The van der Waals surface area contributed by atoms with Gasteiger partial charge in [-0.25, -0.2) is 8.42 Å². The molecule has 0 spiro atoms. The van der Waals surface area contributed by atoms with Crippen molar-refractivity contribution >= 4 is 21.4 Å². The van der Waals surface area contributed by atoms with E-state index in [2.05, 4.69) is 4.72 Å². The fraction of sp³-hybridized carbons (Fsp3) is 0.133. The molecule has 0 aliphatic heterocycles. The summed E-state index contributed by atoms with van der Waals surface area (Å²) in [5, 5.41) is 8.75. The topological polar surface area (TPSA) is 96.0 Å². The lowest BCUT2D eigenvalue weighted by atomic mass is 10.2. The Labute approximate surface area is 124 Å². The first-order valence-electron chi connectivity index (χ1n) is 6.34. The molecule has 108 valence electrons. The maximum Gasteiger partial charge on any atom is 0.233 e. The van der Waals surface area contributed by atoms with E-state index in [0.717, 1.165) is 5.56 Å². The van der Waals surface area contributed by atoms with Crippen molar-refractivity contribution < 1.29 is 8.42 Å². The highest BCUT2D eigenvalue weighted by Gasteiger charge is 2.12. The number of sulfonamides is 1. The minimum absolute atomic E-state index is 0.0313. The molecule has 2 aromatic rings. The summed E-state index contributed by atoms with van der Waals surface area (Å²) in [5.41, 5.74) is 7.60. The average molecular weight is 301 g/mol. The summed E-state index contributed by atoms with van der Waals surface area (Å²) in [4.78, 5) is 0. The predicted molar refractivity (Wildman–Crippen MR) is 83.1 cm³/mol. The van der Waals surface area contributed by atoms with Gasteiger partial charge in [0.1, 0.15) is 0 Å². The fourth-order valence-electron chi connectivity index (χ4n) is 1.84. The van der Waals surface area contributed by atoms with Crippen LogP contribution in [0.4, 0.5) is 11.4 Å². The van der Waals surface area contributed by atoms with Gasteiger partial charge in [-0.05, 0) is 30.2 Å². The number of nitriles is 1. The van der Waals surface area contributed by atoms with Crippen LogP contribution in [0.5, 0.6) is 0 Å². The van der Waals surface area contributed by atoms with Crippen LogP contribution >= 0.6 is 0 Å². The Morgan fingerprint density at radius 2 is 1.86 bits per heavy atom. The van der Waals surface area contributed by atoms with E-state index in [4.69, 9.17) is 11.0 Å². The SMILES string of the molecule is N#Cc1ccc(NS(=O)(=O)CCc2ccccc2)c(N)c1. The van der Waals surface area contributed by atoms with Crippen LogP contribution in [0.2, 0.25) is 0 Å². The zero-order valence-corrected chi connectivity index (χ0v) is 12.1. The van der Waals surface area contributed by atoms with E-state index in [0.29, 0.717) is 17.7 Å². The molecule has 2 aromatic carbocycles. The molecule has 0 heterocycles. The summed E-state index contributed by atoms with van der Waals surface area (Å²) < 4.78 is 26.5. The molecule has 3 N–H and O–H groups in total. The molecular formula is C15H15N3O2S. The van der Waals surface area contributed by atoms with Crippen molar-refractivity contribution in [2.45, 2.75) is 6.42 Å². The fourth-order valence-corrected chi connectivity index (χ4v) is 2.97. The van der Waals surface area contributed by atoms with Crippen molar-refractivity contribution in [2.75, 3.05) is 16.2 Å². The number of anilines is 2. The van der Waals surface area contributed by atoms with Gasteiger partial charge in [0.2, 0.25) is 10.0 Å². The summed E-state index contributed by atoms with van der Waals surface area (Å²) >= 11 is 0. The zero-order chi connectivity index (χ0) is 15.3. The van der Waals surface area contributed by atoms with E-state index in [-0.39, 0.29) is 11.4 Å². The van der Waals surface area contributed by atoms with Crippen molar-refractivity contribution in [2.24, 2.45) is 0 Å². The molecule has 0 unspecified atom stereocenters. The van der Waals surface area contributed by atoms with Crippen LogP contribution in [0, 0.1) is 11.3 Å². The summed E-state index contributed by atoms with van der Waals surface area (Å²) in [5.74, 6) is -0.0313. The van der Waals surface area contributed by atoms with Gasteiger partial charge in [0, 0.05) is 0 Å². The van der Waals surface area contributed by atoms with Gasteiger partial charge >= 0.3 is 0 Å². The van der Waals surface area contributed by atoms with E-state index in [1.54, 1.807) is 0 Å². The van der Waals surface area contributed by atoms with E-state index < -0.39 is 10.0 Å². The van der Waals surface area contributed by atoms with Crippen LogP contribution in [0.1, 0.15) is 11.1 Å². The predicted octanol–water partition coefficient (Wildman–Crippen LogP) is 2.12. The zero-order valence-electron chi connectivity index (χ0n) is 11.3. The molecule has 0 aliphatic carbocycles. The van der Waals surface area contributed by atoms with E-state index in [1.807, 2.05) is 36.4 Å². The number of hydrogen-bond acceptors (Lipinski definition) is 4. The standard InChI is InChI=1S/C15H15N3O2S/c16-11-13-6-7-15(14(17)10-13)18-21(19,20)9-8-12-4-2-1-3-5-12/h1-7,10,18H,8-9,17H2. The highest BCUT2D eigenvalue weighted by molar-refractivity contribution is 7.92. The molecular weight excluding hydrogens is 286 g/mol. The average Bonchev–Trinajstić information content (AvgIpc) is 2.48. The lowest BCUT2D eigenvalue weighted by Crippen LogP contribution is -2.19. The summed E-state index contributed by atoms with van der Waals surface area (Å²) in [6.45, 7) is 0. The monoisotopic (exact) mass is 301 g/mol. The van der Waals surface area contributed by atoms with E-state index >= 15 is 0 Å². The summed E-state index contributed by atoms with van der Waals surface area (Å²) in [6, 6.07) is 15.8. The largest absolute Gasteiger partial charge is 0.397 e. The van der Waals surface area contributed by atoms with Gasteiger partial charge in [-0.15, -0.1) is 0 Å². The lowest BCUT2D eigenvalue weighted by molar-refractivity contribution is 0.600. The molecule has 21 heavy (non-hydrogen) atoms. The third-order valence-electron chi connectivity index (χ3n) is 2.95.